The van der Waals surface area contributed by atoms with Gasteiger partial charge < -0.3 is 25.7 Å². The van der Waals surface area contributed by atoms with Crippen LogP contribution in [0.5, 0.6) is 34.9 Å². The van der Waals surface area contributed by atoms with Crippen LogP contribution in [-0.4, -0.2) is 47.3 Å². The number of hydrogen-bond acceptors (Lipinski definition) is 14. The third-order valence-electron chi connectivity index (χ3n) is 17.1. The monoisotopic (exact) mass is 1300 g/mol. The number of benzene rings is 3. The molecule has 3 saturated carbocycles. The second-order valence-corrected chi connectivity index (χ2v) is 24.8. The van der Waals surface area contributed by atoms with E-state index >= 15 is 0 Å². The van der Waals surface area contributed by atoms with Gasteiger partial charge in [0.25, 0.3) is 0 Å². The predicted octanol–water partition coefficient (Wildman–Crippen LogP) is 19.0. The topological polar surface area (TPSA) is 208 Å². The molecule has 6 aromatic heterocycles. The van der Waals surface area contributed by atoms with E-state index < -0.39 is 23.8 Å². The van der Waals surface area contributed by atoms with Crippen molar-refractivity contribution in [1.29, 1.82) is 0 Å². The van der Waals surface area contributed by atoms with Gasteiger partial charge in [-0.25, -0.2) is 24.9 Å². The van der Waals surface area contributed by atoms with Crippen LogP contribution in [0.1, 0.15) is 161 Å². The third-order valence-corrected chi connectivity index (χ3v) is 17.1. The maximum atomic E-state index is 13.9. The van der Waals surface area contributed by atoms with Crippen molar-refractivity contribution in [3.63, 3.8) is 0 Å². The highest BCUT2D eigenvalue weighted by Gasteiger charge is 2.26. The first-order valence-corrected chi connectivity index (χ1v) is 32.3. The Labute approximate surface area is 556 Å². The second-order valence-electron chi connectivity index (χ2n) is 24.8. The number of carbonyl (C=O) groups excluding carboxylic acids is 3. The van der Waals surface area contributed by atoms with E-state index in [1.165, 1.54) is 47.1 Å². The SMILES string of the molecule is Cc1ccc(Oc2cccc(C=C3CCC(CC(=O)c4ccc(F)nc4F)CC3)c2)nc1.Cc1ccc(Oc2cccc(C=C3CCC(CC(=O)c4ccc(F)nc4N)CC3)c2)nc1.Cc1ccc(Oc2cccc(C=C3CCC(CC(=O)c4ccc(N)nc4F)CC3)c2)nc1. The Bertz CT molecular complexity index is 3830. The molecule has 0 atom stereocenters. The number of ketones is 3. The third kappa shape index (κ3) is 20.5. The van der Waals surface area contributed by atoms with E-state index in [4.69, 9.17) is 25.7 Å². The average Bonchev–Trinajstić information content (AvgIpc) is 1.12. The molecule has 0 bridgehead atoms. The zero-order valence-electron chi connectivity index (χ0n) is 54.0. The molecule has 0 radical (unpaired) electrons. The highest BCUT2D eigenvalue weighted by atomic mass is 19.1. The zero-order chi connectivity index (χ0) is 67.5. The summed E-state index contributed by atoms with van der Waals surface area (Å²) in [6, 6.07) is 42.9. The van der Waals surface area contributed by atoms with Crippen molar-refractivity contribution < 1.29 is 46.2 Å². The van der Waals surface area contributed by atoms with Crippen molar-refractivity contribution >= 4 is 47.2 Å². The Morgan fingerprint density at radius 1 is 0.417 bits per heavy atom. The van der Waals surface area contributed by atoms with Crippen molar-refractivity contribution in [3.8, 4) is 34.9 Å². The number of carbonyl (C=O) groups is 3. The Balaban J connectivity index is 0.000000157. The van der Waals surface area contributed by atoms with Crippen LogP contribution in [0.4, 0.5) is 29.2 Å². The number of halogens is 4. The fraction of sp³-hybridized carbons (Fsp3) is 0.269. The molecular weight excluding hydrogens is 1220 g/mol. The minimum atomic E-state index is -1.03. The van der Waals surface area contributed by atoms with Crippen LogP contribution in [0.15, 0.2) is 181 Å². The van der Waals surface area contributed by atoms with E-state index in [1.807, 2.05) is 118 Å². The summed E-state index contributed by atoms with van der Waals surface area (Å²) in [5.74, 6) is 0.697. The zero-order valence-corrected chi connectivity index (χ0v) is 54.0. The molecule has 3 aromatic carbocycles. The number of nitrogen functional groups attached to an aromatic ring is 2. The lowest BCUT2D eigenvalue weighted by molar-refractivity contribution is 0.0940. The van der Waals surface area contributed by atoms with E-state index in [2.05, 4.69) is 60.3 Å². The van der Waals surface area contributed by atoms with Crippen LogP contribution < -0.4 is 25.7 Å². The standard InChI is InChI=1S/C26H24F2N2O2.2C26H26FN3O2/c1-17-5-12-25(29-16-17)32-21-4-2-3-20(14-21)13-18-6-8-19(9-7-18)15-23(31)22-10-11-24(27)30-26(22)28;1-17-5-12-25(29-16-17)32-21-4-2-3-20(14-21)13-18-6-8-19(9-7-18)15-23(31)22-10-11-24(28)30-26(22)27;1-17-5-12-25(29-16-17)32-21-4-2-3-20(14-21)13-18-6-8-19(9-7-18)15-23(31)22-10-11-24(27)30-26(22)28/h2-5,10-14,16,19H,6-9,15H2,1H3;2*2-5,10-14,16,19H,6-9,15H2,1H3,(H2,28,30). The van der Waals surface area contributed by atoms with Crippen molar-refractivity contribution in [1.82, 2.24) is 29.9 Å². The van der Waals surface area contributed by atoms with E-state index in [0.717, 1.165) is 134 Å². The quantitative estimate of drug-likeness (QED) is 0.0465. The van der Waals surface area contributed by atoms with Gasteiger partial charge in [0.2, 0.25) is 41.4 Å². The van der Waals surface area contributed by atoms with Crippen LogP contribution in [0, 0.1) is 62.3 Å². The fourth-order valence-corrected chi connectivity index (χ4v) is 11.9. The molecule has 96 heavy (non-hydrogen) atoms. The van der Waals surface area contributed by atoms with Gasteiger partial charge >= 0.3 is 0 Å². The van der Waals surface area contributed by atoms with Crippen LogP contribution in [0.3, 0.4) is 0 Å². The van der Waals surface area contributed by atoms with Gasteiger partial charge in [0.05, 0.1) is 16.7 Å². The molecule has 0 spiro atoms. The van der Waals surface area contributed by atoms with Crippen LogP contribution in [-0.2, 0) is 0 Å². The Hall–Kier alpha value is -10.5. The van der Waals surface area contributed by atoms with E-state index in [1.54, 1.807) is 18.6 Å². The lowest BCUT2D eigenvalue weighted by Crippen LogP contribution is -2.15. The molecule has 0 saturated heterocycles. The lowest BCUT2D eigenvalue weighted by atomic mass is 9.81. The molecule has 18 heteroatoms. The number of nitrogens with zero attached hydrogens (tertiary/aromatic N) is 6. The smallest absolute Gasteiger partial charge is 0.226 e. The molecule has 0 aliphatic heterocycles. The van der Waals surface area contributed by atoms with E-state index in [9.17, 15) is 31.9 Å². The summed E-state index contributed by atoms with van der Waals surface area (Å²) in [7, 11) is 0. The molecule has 6 heterocycles. The number of pyridine rings is 6. The maximum Gasteiger partial charge on any atom is 0.226 e. The van der Waals surface area contributed by atoms with Crippen LogP contribution in [0.2, 0.25) is 0 Å². The van der Waals surface area contributed by atoms with Crippen molar-refractivity contribution in [2.75, 3.05) is 11.5 Å². The van der Waals surface area contributed by atoms with Gasteiger partial charge in [0, 0.05) is 56.1 Å². The molecule has 0 amide bonds. The number of nitrogens with two attached hydrogens (primary N) is 2. The second kappa shape index (κ2) is 33.1. The minimum Gasteiger partial charge on any atom is -0.439 e. The number of rotatable bonds is 18. The Morgan fingerprint density at radius 2 is 0.750 bits per heavy atom. The molecule has 492 valence electrons. The number of Topliss-reactive ketones (excluding diaryl/α,β-unsaturated/α-hetero) is 3. The number of allylic oxidation sites excluding steroid dienone is 3. The van der Waals surface area contributed by atoms with Crippen molar-refractivity contribution in [3.05, 3.63) is 255 Å². The predicted molar refractivity (Wildman–Crippen MR) is 364 cm³/mol. The van der Waals surface area contributed by atoms with Crippen molar-refractivity contribution in [2.24, 2.45) is 17.8 Å². The van der Waals surface area contributed by atoms with E-state index in [0.29, 0.717) is 42.0 Å². The molecule has 9 aromatic rings. The van der Waals surface area contributed by atoms with Crippen LogP contribution in [0.25, 0.3) is 18.2 Å². The van der Waals surface area contributed by atoms with Gasteiger partial charge in [0.15, 0.2) is 17.3 Å². The number of ether oxygens (including phenoxy) is 3. The van der Waals surface area contributed by atoms with E-state index in [-0.39, 0.29) is 58.4 Å². The molecule has 3 aliphatic carbocycles. The molecule has 12 rings (SSSR count). The largest absolute Gasteiger partial charge is 0.439 e. The Kier molecular flexibility index (Phi) is 23.5. The number of aromatic nitrogens is 6. The molecule has 4 N–H and O–H groups in total. The number of aryl methyl sites for hydroxylation is 3. The summed E-state index contributed by atoms with van der Waals surface area (Å²) in [5, 5.41) is 0. The highest BCUT2D eigenvalue weighted by molar-refractivity contribution is 6.00. The molecule has 3 aliphatic rings. The maximum absolute atomic E-state index is 13.9. The normalized spacial score (nSPS) is 15.9. The summed E-state index contributed by atoms with van der Waals surface area (Å²) < 4.78 is 71.3. The lowest BCUT2D eigenvalue weighted by Gasteiger charge is -2.23. The fourth-order valence-electron chi connectivity index (χ4n) is 11.9. The first-order valence-electron chi connectivity index (χ1n) is 32.3. The van der Waals surface area contributed by atoms with Gasteiger partial charge in [0.1, 0.15) is 28.9 Å². The molecular formula is C78H76F4N8O6. The molecule has 0 unspecified atom stereocenters. The summed E-state index contributed by atoms with van der Waals surface area (Å²) in [5.41, 5.74) is 21.9. The summed E-state index contributed by atoms with van der Waals surface area (Å²) in [6.45, 7) is 5.96. The first kappa shape index (κ1) is 68.4. The van der Waals surface area contributed by atoms with Crippen molar-refractivity contribution in [2.45, 2.75) is 117 Å². The summed E-state index contributed by atoms with van der Waals surface area (Å²) in [4.78, 5) is 60.5. The average molecular weight is 1300 g/mol. The molecule has 14 nitrogen and oxygen atoms in total. The first-order chi connectivity index (χ1) is 46.4. The summed E-state index contributed by atoms with van der Waals surface area (Å²) >= 11 is 0. The highest BCUT2D eigenvalue weighted by Crippen LogP contribution is 2.37. The summed E-state index contributed by atoms with van der Waals surface area (Å²) in [6.07, 6.45) is 23.8. The van der Waals surface area contributed by atoms with Gasteiger partial charge in [-0.3, -0.25) is 14.4 Å². The van der Waals surface area contributed by atoms with Crippen LogP contribution >= 0.6 is 0 Å². The van der Waals surface area contributed by atoms with Gasteiger partial charge in [-0.05, 0) is 222 Å². The van der Waals surface area contributed by atoms with Gasteiger partial charge in [-0.15, -0.1) is 0 Å². The van der Waals surface area contributed by atoms with Gasteiger partial charge in [-0.1, -0.05) is 89.5 Å². The van der Waals surface area contributed by atoms with Gasteiger partial charge in [-0.2, -0.15) is 22.5 Å². The number of hydrogen-bond donors (Lipinski definition) is 2. The molecule has 3 fully saturated rings. The minimum absolute atomic E-state index is 0.0282. The Morgan fingerprint density at radius 3 is 1.08 bits per heavy atom. The number of anilines is 2.